The minimum Gasteiger partial charge on any atom is -0.528 e. The molecule has 0 aliphatic heterocycles. The Balaban J connectivity index is 2.07. The van der Waals surface area contributed by atoms with Crippen LogP contribution in [0.5, 0.6) is 11.5 Å². The highest BCUT2D eigenvalue weighted by Gasteiger charge is 2.23. The summed E-state index contributed by atoms with van der Waals surface area (Å²) in [5.41, 5.74) is -1.24. The number of hydrogen-bond acceptors (Lipinski definition) is 6. The quantitative estimate of drug-likeness (QED) is 0.577. The first kappa shape index (κ1) is 25.2. The highest BCUT2D eigenvalue weighted by molar-refractivity contribution is 7.89. The SMILES string of the molecule is CC(C)(C)NS(=O)(=O)c1cccc(OBOc2cccc(S(=O)(=O)NC(C)(C)C)c2)c1. The summed E-state index contributed by atoms with van der Waals surface area (Å²) in [4.78, 5) is 0.141. The van der Waals surface area contributed by atoms with Gasteiger partial charge in [0.2, 0.25) is 20.0 Å². The molecule has 2 N–H and O–H groups in total. The van der Waals surface area contributed by atoms with Gasteiger partial charge in [-0.3, -0.25) is 0 Å². The molecule has 0 radical (unpaired) electrons. The van der Waals surface area contributed by atoms with Crippen LogP contribution in [-0.4, -0.2) is 35.6 Å². The maximum atomic E-state index is 12.5. The largest absolute Gasteiger partial charge is 0.576 e. The van der Waals surface area contributed by atoms with E-state index in [9.17, 15) is 16.8 Å². The summed E-state index contributed by atoms with van der Waals surface area (Å²) in [5.74, 6) is 0.602. The summed E-state index contributed by atoms with van der Waals surface area (Å²) in [6.45, 7) is 10.5. The molecule has 0 heterocycles. The molecule has 0 unspecified atom stereocenters. The van der Waals surface area contributed by atoms with E-state index in [4.69, 9.17) is 9.31 Å². The van der Waals surface area contributed by atoms with Crippen LogP contribution in [0, 0.1) is 0 Å². The molecule has 0 aliphatic carbocycles. The summed E-state index contributed by atoms with van der Waals surface area (Å²) < 4.78 is 66.0. The van der Waals surface area contributed by atoms with E-state index in [0.29, 0.717) is 11.5 Å². The number of nitrogens with one attached hydrogen (secondary N) is 2. The molecule has 2 rings (SSSR count). The van der Waals surface area contributed by atoms with Crippen LogP contribution in [0.3, 0.4) is 0 Å². The third-order valence-electron chi connectivity index (χ3n) is 3.56. The van der Waals surface area contributed by atoms with E-state index in [1.165, 1.54) is 24.3 Å². The zero-order chi connectivity index (χ0) is 23.5. The van der Waals surface area contributed by atoms with E-state index < -0.39 is 31.1 Å². The van der Waals surface area contributed by atoms with Crippen molar-refractivity contribution in [3.05, 3.63) is 48.5 Å². The van der Waals surface area contributed by atoms with Gasteiger partial charge in [0.25, 0.3) is 0 Å². The average molecular weight is 468 g/mol. The Hall–Kier alpha value is -2.08. The minimum atomic E-state index is -3.70. The number of rotatable bonds is 8. The molecule has 2 aromatic carbocycles. The molecular formula is C20H29BN2O6S2. The van der Waals surface area contributed by atoms with E-state index in [0.717, 1.165) is 0 Å². The Morgan fingerprint density at radius 3 is 1.35 bits per heavy atom. The molecule has 31 heavy (non-hydrogen) atoms. The fourth-order valence-electron chi connectivity index (χ4n) is 2.55. The predicted molar refractivity (Wildman–Crippen MR) is 121 cm³/mol. The second-order valence-corrected chi connectivity index (χ2v) is 12.4. The van der Waals surface area contributed by atoms with Gasteiger partial charge in [0.1, 0.15) is 11.5 Å². The van der Waals surface area contributed by atoms with E-state index >= 15 is 0 Å². The summed E-state index contributed by atoms with van der Waals surface area (Å²) in [7, 11) is -7.63. The lowest BCUT2D eigenvalue weighted by Gasteiger charge is -2.20. The van der Waals surface area contributed by atoms with Crippen molar-refractivity contribution in [3.63, 3.8) is 0 Å². The van der Waals surface area contributed by atoms with Crippen molar-refractivity contribution in [2.75, 3.05) is 0 Å². The lowest BCUT2D eigenvalue weighted by atomic mass is 10.1. The Labute approximate surface area is 185 Å². The zero-order valence-electron chi connectivity index (χ0n) is 18.6. The van der Waals surface area contributed by atoms with Crippen LogP contribution in [0.1, 0.15) is 41.5 Å². The molecule has 2 aromatic rings. The molecule has 0 amide bonds. The van der Waals surface area contributed by atoms with Crippen LogP contribution in [0.4, 0.5) is 0 Å². The zero-order valence-corrected chi connectivity index (χ0v) is 20.2. The molecule has 170 valence electrons. The van der Waals surface area contributed by atoms with E-state index in [1.807, 2.05) is 0 Å². The van der Waals surface area contributed by atoms with Crippen LogP contribution in [-0.2, 0) is 20.0 Å². The Morgan fingerprint density at radius 1 is 0.677 bits per heavy atom. The third-order valence-corrected chi connectivity index (χ3v) is 7.08. The summed E-state index contributed by atoms with van der Waals surface area (Å²) in [6, 6.07) is 12.1. The van der Waals surface area contributed by atoms with Gasteiger partial charge in [0, 0.05) is 11.1 Å². The number of sulfonamides is 2. The average Bonchev–Trinajstić information content (AvgIpc) is 2.58. The van der Waals surface area contributed by atoms with Crippen molar-refractivity contribution >= 4 is 27.7 Å². The Morgan fingerprint density at radius 2 is 1.03 bits per heavy atom. The minimum absolute atomic E-state index is 0.0706. The molecule has 0 saturated heterocycles. The van der Waals surface area contributed by atoms with Gasteiger partial charge in [-0.15, -0.1) is 0 Å². The van der Waals surface area contributed by atoms with Gasteiger partial charge in [-0.1, -0.05) is 12.1 Å². The van der Waals surface area contributed by atoms with Crippen molar-refractivity contribution in [1.82, 2.24) is 9.44 Å². The normalized spacial score (nSPS) is 13.0. The molecule has 0 atom stereocenters. The maximum Gasteiger partial charge on any atom is 0.576 e. The smallest absolute Gasteiger partial charge is 0.528 e. The second-order valence-electron chi connectivity index (χ2n) is 9.07. The molecule has 0 aromatic heterocycles. The lowest BCUT2D eigenvalue weighted by Crippen LogP contribution is -2.40. The summed E-state index contributed by atoms with van der Waals surface area (Å²) in [5, 5.41) is 0. The first-order valence-electron chi connectivity index (χ1n) is 9.61. The Kier molecular flexibility index (Phi) is 7.47. The lowest BCUT2D eigenvalue weighted by molar-refractivity contribution is 0.456. The topological polar surface area (TPSA) is 111 Å². The van der Waals surface area contributed by atoms with Gasteiger partial charge in [0.05, 0.1) is 9.79 Å². The van der Waals surface area contributed by atoms with Crippen LogP contribution < -0.4 is 18.8 Å². The van der Waals surface area contributed by atoms with Gasteiger partial charge in [-0.05, 0) is 77.9 Å². The first-order chi connectivity index (χ1) is 14.1. The summed E-state index contributed by atoms with van der Waals surface area (Å²) in [6.07, 6.45) is 0. The van der Waals surface area contributed by atoms with Crippen molar-refractivity contribution in [2.45, 2.75) is 62.4 Å². The fourth-order valence-corrected chi connectivity index (χ4v) is 5.46. The Bertz CT molecular complexity index is 1030. The van der Waals surface area contributed by atoms with Crippen LogP contribution >= 0.6 is 0 Å². The molecule has 0 aliphatic rings. The molecule has 11 heteroatoms. The van der Waals surface area contributed by atoms with Gasteiger partial charge in [0.15, 0.2) is 0 Å². The van der Waals surface area contributed by atoms with Gasteiger partial charge >= 0.3 is 7.69 Å². The molecule has 0 bridgehead atoms. The third kappa shape index (κ3) is 8.17. The fraction of sp³-hybridized carbons (Fsp3) is 0.400. The van der Waals surface area contributed by atoms with Gasteiger partial charge < -0.3 is 9.31 Å². The molecule has 0 spiro atoms. The van der Waals surface area contributed by atoms with Crippen molar-refractivity contribution in [1.29, 1.82) is 0 Å². The molecule has 0 fully saturated rings. The van der Waals surface area contributed by atoms with Gasteiger partial charge in [-0.25, -0.2) is 26.3 Å². The standard InChI is InChI=1S/C20H29BN2O6S2/c1-19(2,3)22-30(24,25)17-11-7-9-15(13-17)28-21-29-16-10-8-12-18(14-16)31(26,27)23-20(4,5)6/h7-14,21-23H,1-6H3. The number of hydrogen-bond donors (Lipinski definition) is 2. The highest BCUT2D eigenvalue weighted by Crippen LogP contribution is 2.21. The summed E-state index contributed by atoms with van der Waals surface area (Å²) >= 11 is 0. The van der Waals surface area contributed by atoms with E-state index in [-0.39, 0.29) is 17.5 Å². The maximum absolute atomic E-state index is 12.5. The molecule has 0 saturated carbocycles. The van der Waals surface area contributed by atoms with Crippen LogP contribution in [0.2, 0.25) is 0 Å². The van der Waals surface area contributed by atoms with Crippen molar-refractivity contribution in [2.24, 2.45) is 0 Å². The second kappa shape index (κ2) is 9.19. The van der Waals surface area contributed by atoms with E-state index in [1.54, 1.807) is 65.8 Å². The van der Waals surface area contributed by atoms with E-state index in [2.05, 4.69) is 9.44 Å². The van der Waals surface area contributed by atoms with Crippen molar-refractivity contribution < 1.29 is 26.1 Å². The van der Waals surface area contributed by atoms with Crippen molar-refractivity contribution in [3.8, 4) is 11.5 Å². The monoisotopic (exact) mass is 468 g/mol. The molecule has 8 nitrogen and oxygen atoms in total. The molecular weight excluding hydrogens is 439 g/mol. The highest BCUT2D eigenvalue weighted by atomic mass is 32.2. The predicted octanol–water partition coefficient (Wildman–Crippen LogP) is 2.56. The number of benzene rings is 2. The van der Waals surface area contributed by atoms with Crippen LogP contribution in [0.25, 0.3) is 0 Å². The van der Waals surface area contributed by atoms with Gasteiger partial charge in [-0.2, -0.15) is 0 Å². The van der Waals surface area contributed by atoms with Crippen LogP contribution in [0.15, 0.2) is 58.3 Å². The first-order valence-corrected chi connectivity index (χ1v) is 12.6.